The maximum atomic E-state index is 13.4. The van der Waals surface area contributed by atoms with E-state index in [0.717, 1.165) is 32.4 Å². The number of halogens is 2. The third-order valence-electron chi connectivity index (χ3n) is 3.58. The Morgan fingerprint density at radius 1 is 1.29 bits per heavy atom. The summed E-state index contributed by atoms with van der Waals surface area (Å²) in [4.78, 5) is 26.2. The second-order valence-corrected chi connectivity index (χ2v) is 5.98. The fraction of sp³-hybridized carbons (Fsp3) is 0.467. The van der Waals surface area contributed by atoms with Gasteiger partial charge in [-0.25, -0.2) is 4.39 Å². The lowest BCUT2D eigenvalue weighted by Gasteiger charge is -2.29. The molecule has 0 bridgehead atoms. The van der Waals surface area contributed by atoms with Crippen molar-refractivity contribution in [1.82, 2.24) is 10.2 Å². The van der Waals surface area contributed by atoms with Gasteiger partial charge < -0.3 is 10.2 Å². The minimum atomic E-state index is -0.620. The Balaban J connectivity index is 2.01. The summed E-state index contributed by atoms with van der Waals surface area (Å²) < 4.78 is 13.5. The summed E-state index contributed by atoms with van der Waals surface area (Å²) in [6.45, 7) is 3.13. The molecule has 1 atom stereocenters. The van der Waals surface area contributed by atoms with E-state index in [1.807, 2.05) is 0 Å². The first-order valence-electron chi connectivity index (χ1n) is 7.04. The van der Waals surface area contributed by atoms with Crippen LogP contribution in [-0.2, 0) is 4.79 Å². The average Bonchev–Trinajstić information content (AvgIpc) is 2.50. The molecule has 0 aliphatic carbocycles. The molecule has 1 aromatic carbocycles. The molecule has 1 aliphatic heterocycles. The molecule has 1 saturated heterocycles. The van der Waals surface area contributed by atoms with Crippen molar-refractivity contribution in [3.63, 3.8) is 0 Å². The smallest absolute Gasteiger partial charge is 0.253 e. The lowest BCUT2D eigenvalue weighted by atomic mass is 10.1. The third-order valence-corrected chi connectivity index (χ3v) is 4.39. The van der Waals surface area contributed by atoms with Crippen molar-refractivity contribution in [2.75, 3.05) is 13.1 Å². The molecule has 0 saturated carbocycles. The zero-order chi connectivity index (χ0) is 15.4. The van der Waals surface area contributed by atoms with Crippen LogP contribution in [0.15, 0.2) is 22.7 Å². The molecule has 0 aromatic heterocycles. The van der Waals surface area contributed by atoms with E-state index in [-0.39, 0.29) is 15.9 Å². The van der Waals surface area contributed by atoms with E-state index < -0.39 is 17.8 Å². The summed E-state index contributed by atoms with van der Waals surface area (Å²) in [5.41, 5.74) is 0.188. The van der Waals surface area contributed by atoms with Gasteiger partial charge in [-0.2, -0.15) is 0 Å². The van der Waals surface area contributed by atoms with Gasteiger partial charge in [0.15, 0.2) is 0 Å². The fourth-order valence-electron chi connectivity index (χ4n) is 2.40. The van der Waals surface area contributed by atoms with Crippen molar-refractivity contribution in [3.05, 3.63) is 34.1 Å². The van der Waals surface area contributed by atoms with Crippen molar-refractivity contribution >= 4 is 27.7 Å². The number of benzene rings is 1. The predicted molar refractivity (Wildman–Crippen MR) is 81.5 cm³/mol. The highest BCUT2D eigenvalue weighted by Crippen LogP contribution is 2.20. The third kappa shape index (κ3) is 3.81. The average molecular weight is 357 g/mol. The van der Waals surface area contributed by atoms with Gasteiger partial charge in [0.25, 0.3) is 5.91 Å². The van der Waals surface area contributed by atoms with Crippen LogP contribution in [0.4, 0.5) is 4.39 Å². The van der Waals surface area contributed by atoms with Crippen LogP contribution in [0.3, 0.4) is 0 Å². The fourth-order valence-corrected chi connectivity index (χ4v) is 2.85. The Labute approximate surface area is 131 Å². The molecular formula is C15H18BrFN2O2. The topological polar surface area (TPSA) is 49.4 Å². The van der Waals surface area contributed by atoms with Crippen molar-refractivity contribution in [2.24, 2.45) is 0 Å². The van der Waals surface area contributed by atoms with Crippen molar-refractivity contribution in [2.45, 2.75) is 32.2 Å². The van der Waals surface area contributed by atoms with Gasteiger partial charge in [0.05, 0.1) is 10.0 Å². The molecule has 1 unspecified atom stereocenters. The number of likely N-dealkylation sites (tertiary alicyclic amines) is 1. The van der Waals surface area contributed by atoms with E-state index in [2.05, 4.69) is 21.2 Å². The number of nitrogens with one attached hydrogen (secondary N) is 1. The van der Waals surface area contributed by atoms with E-state index in [4.69, 9.17) is 0 Å². The van der Waals surface area contributed by atoms with Gasteiger partial charge in [-0.15, -0.1) is 0 Å². The summed E-state index contributed by atoms with van der Waals surface area (Å²) in [7, 11) is 0. The van der Waals surface area contributed by atoms with E-state index in [0.29, 0.717) is 0 Å². The summed E-state index contributed by atoms with van der Waals surface area (Å²) in [6.07, 6.45) is 3.14. The maximum absolute atomic E-state index is 13.4. The molecule has 0 spiro atoms. The van der Waals surface area contributed by atoms with E-state index in [1.165, 1.54) is 18.2 Å². The highest BCUT2D eigenvalue weighted by Gasteiger charge is 2.24. The summed E-state index contributed by atoms with van der Waals surface area (Å²) in [6, 6.07) is 3.63. The van der Waals surface area contributed by atoms with Gasteiger partial charge in [-0.1, -0.05) is 6.07 Å². The number of amides is 2. The summed E-state index contributed by atoms with van der Waals surface area (Å²) in [5, 5.41) is 2.63. The second-order valence-electron chi connectivity index (χ2n) is 5.18. The quantitative estimate of drug-likeness (QED) is 0.904. The van der Waals surface area contributed by atoms with E-state index in [9.17, 15) is 14.0 Å². The monoisotopic (exact) mass is 356 g/mol. The maximum Gasteiger partial charge on any atom is 0.253 e. The SMILES string of the molecule is CC(NC(=O)c1cccc(F)c1Br)C(=O)N1CCCCC1. The number of nitrogens with zero attached hydrogens (tertiary/aromatic N) is 1. The Kier molecular flexibility index (Phi) is 5.33. The van der Waals surface area contributed by atoms with Gasteiger partial charge >= 0.3 is 0 Å². The second kappa shape index (κ2) is 7.02. The standard InChI is InChI=1S/C15H18BrFN2O2/c1-10(15(21)19-8-3-2-4-9-19)18-14(20)11-6-5-7-12(17)13(11)16/h5-7,10H,2-4,8-9H2,1H3,(H,18,20). The molecule has 2 rings (SSSR count). The molecule has 1 heterocycles. The van der Waals surface area contributed by atoms with E-state index in [1.54, 1.807) is 11.8 Å². The molecule has 2 amide bonds. The van der Waals surface area contributed by atoms with E-state index >= 15 is 0 Å². The molecule has 0 radical (unpaired) electrons. The number of rotatable bonds is 3. The minimum Gasteiger partial charge on any atom is -0.341 e. The number of hydrogen-bond donors (Lipinski definition) is 1. The van der Waals surface area contributed by atoms with Crippen molar-refractivity contribution < 1.29 is 14.0 Å². The first-order chi connectivity index (χ1) is 10.0. The molecule has 1 aromatic rings. The lowest BCUT2D eigenvalue weighted by Crippen LogP contribution is -2.48. The highest BCUT2D eigenvalue weighted by atomic mass is 79.9. The van der Waals surface area contributed by atoms with Gasteiger partial charge in [0.1, 0.15) is 11.9 Å². The Morgan fingerprint density at radius 3 is 2.62 bits per heavy atom. The first kappa shape index (κ1) is 15.9. The summed E-state index contributed by atoms with van der Waals surface area (Å²) >= 11 is 3.05. The van der Waals surface area contributed by atoms with Crippen LogP contribution < -0.4 is 5.32 Å². The lowest BCUT2D eigenvalue weighted by molar-refractivity contribution is -0.133. The Morgan fingerprint density at radius 2 is 1.95 bits per heavy atom. The zero-order valence-corrected chi connectivity index (χ0v) is 13.5. The molecule has 6 heteroatoms. The van der Waals surface area contributed by atoms with Crippen LogP contribution in [0.25, 0.3) is 0 Å². The Bertz CT molecular complexity index is 544. The molecule has 1 fully saturated rings. The first-order valence-corrected chi connectivity index (χ1v) is 7.83. The molecular weight excluding hydrogens is 339 g/mol. The van der Waals surface area contributed by atoms with Crippen LogP contribution in [0.2, 0.25) is 0 Å². The number of hydrogen-bond acceptors (Lipinski definition) is 2. The Hall–Kier alpha value is -1.43. The van der Waals surface area contributed by atoms with Gasteiger partial charge in [0.2, 0.25) is 5.91 Å². The molecule has 1 N–H and O–H groups in total. The highest BCUT2D eigenvalue weighted by molar-refractivity contribution is 9.10. The summed E-state index contributed by atoms with van der Waals surface area (Å²) in [5.74, 6) is -1.05. The normalized spacial score (nSPS) is 16.4. The van der Waals surface area contributed by atoms with Gasteiger partial charge in [0, 0.05) is 13.1 Å². The molecule has 1 aliphatic rings. The van der Waals surface area contributed by atoms with Crippen LogP contribution >= 0.6 is 15.9 Å². The van der Waals surface area contributed by atoms with Gasteiger partial charge in [-0.05, 0) is 54.2 Å². The van der Waals surface area contributed by atoms with Crippen LogP contribution in [-0.4, -0.2) is 35.8 Å². The van der Waals surface area contributed by atoms with Crippen molar-refractivity contribution in [3.8, 4) is 0 Å². The van der Waals surface area contributed by atoms with Gasteiger partial charge in [-0.3, -0.25) is 9.59 Å². The molecule has 21 heavy (non-hydrogen) atoms. The van der Waals surface area contributed by atoms with Crippen molar-refractivity contribution in [1.29, 1.82) is 0 Å². The minimum absolute atomic E-state index is 0.0874. The largest absolute Gasteiger partial charge is 0.341 e. The number of carbonyl (C=O) groups is 2. The predicted octanol–water partition coefficient (Wildman–Crippen LogP) is 2.72. The zero-order valence-electron chi connectivity index (χ0n) is 11.9. The van der Waals surface area contributed by atoms with Crippen LogP contribution in [0.5, 0.6) is 0 Å². The number of carbonyl (C=O) groups excluding carboxylic acids is 2. The van der Waals surface area contributed by atoms with Crippen LogP contribution in [0, 0.1) is 5.82 Å². The number of piperidine rings is 1. The van der Waals surface area contributed by atoms with Crippen LogP contribution in [0.1, 0.15) is 36.5 Å². The molecule has 114 valence electrons. The molecule has 4 nitrogen and oxygen atoms in total.